The van der Waals surface area contributed by atoms with Crippen molar-refractivity contribution < 1.29 is 4.79 Å². The molecule has 0 aromatic carbocycles. The molecule has 1 saturated carbocycles. The van der Waals surface area contributed by atoms with E-state index in [0.717, 1.165) is 23.8 Å². The van der Waals surface area contributed by atoms with Gasteiger partial charge in [0.2, 0.25) is 5.95 Å². The van der Waals surface area contributed by atoms with Crippen LogP contribution in [0.4, 0.5) is 5.95 Å². The van der Waals surface area contributed by atoms with Crippen molar-refractivity contribution in [2.75, 3.05) is 11.9 Å². The largest absolute Gasteiger partial charge is 0.344 e. The molecule has 0 bridgehead atoms. The maximum atomic E-state index is 12.4. The number of hydrogen-bond acceptors (Lipinski definition) is 5. The zero-order chi connectivity index (χ0) is 19.4. The van der Waals surface area contributed by atoms with Gasteiger partial charge in [0.05, 0.1) is 6.04 Å². The Labute approximate surface area is 161 Å². The van der Waals surface area contributed by atoms with E-state index in [1.54, 1.807) is 10.7 Å². The van der Waals surface area contributed by atoms with E-state index >= 15 is 0 Å². The molecule has 1 fully saturated rings. The van der Waals surface area contributed by atoms with Gasteiger partial charge in [0.15, 0.2) is 0 Å². The van der Waals surface area contributed by atoms with Gasteiger partial charge in [0.1, 0.15) is 5.69 Å². The number of anilines is 1. The molecule has 1 aliphatic rings. The lowest BCUT2D eigenvalue weighted by molar-refractivity contribution is 0.0934. The molecule has 1 amide bonds. The predicted molar refractivity (Wildman–Crippen MR) is 106 cm³/mol. The Kier molecular flexibility index (Phi) is 6.08. The lowest BCUT2D eigenvalue weighted by Gasteiger charge is -2.31. The fourth-order valence-corrected chi connectivity index (χ4v) is 3.70. The lowest BCUT2D eigenvalue weighted by atomic mass is 9.95. The molecule has 1 aliphatic carbocycles. The highest BCUT2D eigenvalue weighted by atomic mass is 16.2. The SMILES string of the molecule is CCn1ccc(C(=O)N[C@H](C)c2cnc(N(C)C3CCCCC3)nc2C)n1. The Hall–Kier alpha value is -2.44. The number of nitrogens with zero attached hydrogens (tertiary/aromatic N) is 5. The minimum atomic E-state index is -0.183. The van der Waals surface area contributed by atoms with Crippen LogP contribution in [0.3, 0.4) is 0 Å². The molecule has 0 spiro atoms. The summed E-state index contributed by atoms with van der Waals surface area (Å²) in [6.07, 6.45) is 9.95. The normalized spacial score (nSPS) is 16.1. The van der Waals surface area contributed by atoms with Crippen LogP contribution < -0.4 is 10.2 Å². The van der Waals surface area contributed by atoms with E-state index in [1.165, 1.54) is 32.1 Å². The van der Waals surface area contributed by atoms with Crippen molar-refractivity contribution in [3.8, 4) is 0 Å². The molecular weight excluding hydrogens is 340 g/mol. The molecule has 0 unspecified atom stereocenters. The van der Waals surface area contributed by atoms with Gasteiger partial charge in [-0.25, -0.2) is 9.97 Å². The summed E-state index contributed by atoms with van der Waals surface area (Å²) in [5, 5.41) is 7.25. The van der Waals surface area contributed by atoms with Crippen LogP contribution in [0.2, 0.25) is 0 Å². The fourth-order valence-electron chi connectivity index (χ4n) is 3.70. The Morgan fingerprint density at radius 2 is 2.11 bits per heavy atom. The van der Waals surface area contributed by atoms with Gasteiger partial charge in [-0.3, -0.25) is 9.48 Å². The molecular formula is C20H30N6O. The lowest BCUT2D eigenvalue weighted by Crippen LogP contribution is -2.35. The van der Waals surface area contributed by atoms with Crippen molar-refractivity contribution in [1.82, 2.24) is 25.1 Å². The zero-order valence-electron chi connectivity index (χ0n) is 16.8. The summed E-state index contributed by atoms with van der Waals surface area (Å²) in [6, 6.07) is 2.07. The number of aromatic nitrogens is 4. The molecule has 3 rings (SSSR count). The molecule has 0 saturated heterocycles. The van der Waals surface area contributed by atoms with Crippen molar-refractivity contribution in [2.24, 2.45) is 0 Å². The van der Waals surface area contributed by atoms with E-state index in [4.69, 9.17) is 4.98 Å². The summed E-state index contributed by atoms with van der Waals surface area (Å²) in [5.41, 5.74) is 2.25. The Morgan fingerprint density at radius 1 is 1.37 bits per heavy atom. The van der Waals surface area contributed by atoms with Crippen LogP contribution in [0, 0.1) is 6.92 Å². The number of hydrogen-bond donors (Lipinski definition) is 1. The highest BCUT2D eigenvalue weighted by Crippen LogP contribution is 2.25. The van der Waals surface area contributed by atoms with Crippen molar-refractivity contribution in [1.29, 1.82) is 0 Å². The van der Waals surface area contributed by atoms with Crippen molar-refractivity contribution >= 4 is 11.9 Å². The third-order valence-electron chi connectivity index (χ3n) is 5.45. The summed E-state index contributed by atoms with van der Waals surface area (Å²) >= 11 is 0. The highest BCUT2D eigenvalue weighted by molar-refractivity contribution is 5.92. The van der Waals surface area contributed by atoms with Crippen LogP contribution in [0.15, 0.2) is 18.5 Å². The second-order valence-corrected chi connectivity index (χ2v) is 7.37. The second-order valence-electron chi connectivity index (χ2n) is 7.37. The molecule has 7 nitrogen and oxygen atoms in total. The third kappa shape index (κ3) is 4.46. The standard InChI is InChI=1S/C20H30N6O/c1-5-26-12-11-18(24-26)19(27)22-14(2)17-13-21-20(23-15(17)3)25(4)16-9-7-6-8-10-16/h11-14,16H,5-10H2,1-4H3,(H,22,27)/t14-/m1/s1. The first-order chi connectivity index (χ1) is 13.0. The van der Waals surface area contributed by atoms with E-state index in [1.807, 2.05) is 33.2 Å². The third-order valence-corrected chi connectivity index (χ3v) is 5.45. The summed E-state index contributed by atoms with van der Waals surface area (Å²) in [7, 11) is 2.08. The van der Waals surface area contributed by atoms with E-state index in [9.17, 15) is 4.79 Å². The quantitative estimate of drug-likeness (QED) is 0.845. The highest BCUT2D eigenvalue weighted by Gasteiger charge is 2.22. The van der Waals surface area contributed by atoms with Crippen LogP contribution in [0.1, 0.15) is 73.7 Å². The van der Waals surface area contributed by atoms with Gasteiger partial charge in [-0.2, -0.15) is 5.10 Å². The minimum absolute atomic E-state index is 0.182. The van der Waals surface area contributed by atoms with Crippen LogP contribution in [0.25, 0.3) is 0 Å². The van der Waals surface area contributed by atoms with Gasteiger partial charge in [0.25, 0.3) is 5.91 Å². The summed E-state index contributed by atoms with van der Waals surface area (Å²) in [4.78, 5) is 23.9. The van der Waals surface area contributed by atoms with E-state index < -0.39 is 0 Å². The first-order valence-corrected chi connectivity index (χ1v) is 9.90. The smallest absolute Gasteiger partial charge is 0.272 e. The van der Waals surface area contributed by atoms with Gasteiger partial charge in [-0.15, -0.1) is 0 Å². The number of amides is 1. The molecule has 2 aromatic rings. The van der Waals surface area contributed by atoms with Crippen molar-refractivity contribution in [3.05, 3.63) is 35.4 Å². The first-order valence-electron chi connectivity index (χ1n) is 9.90. The van der Waals surface area contributed by atoms with E-state index in [0.29, 0.717) is 11.7 Å². The summed E-state index contributed by atoms with van der Waals surface area (Å²) < 4.78 is 1.74. The molecule has 7 heteroatoms. The fraction of sp³-hybridized carbons (Fsp3) is 0.600. The summed E-state index contributed by atoms with van der Waals surface area (Å²) in [5.74, 6) is 0.584. The Bertz CT molecular complexity index is 781. The van der Waals surface area contributed by atoms with Gasteiger partial charge in [0, 0.05) is 43.3 Å². The van der Waals surface area contributed by atoms with Crippen molar-refractivity contribution in [2.45, 2.75) is 71.5 Å². The number of nitrogens with one attached hydrogen (secondary N) is 1. The van der Waals surface area contributed by atoms with E-state index in [-0.39, 0.29) is 11.9 Å². The molecule has 0 aliphatic heterocycles. The van der Waals surface area contributed by atoms with Gasteiger partial charge >= 0.3 is 0 Å². The number of aryl methyl sites for hydroxylation is 2. The van der Waals surface area contributed by atoms with Gasteiger partial charge in [-0.1, -0.05) is 19.3 Å². The monoisotopic (exact) mass is 370 g/mol. The molecule has 2 aromatic heterocycles. The number of rotatable bonds is 6. The number of carbonyl (C=O) groups excluding carboxylic acids is 1. The molecule has 146 valence electrons. The number of carbonyl (C=O) groups is 1. The second kappa shape index (κ2) is 8.50. The average molecular weight is 371 g/mol. The molecule has 2 heterocycles. The molecule has 1 atom stereocenters. The topological polar surface area (TPSA) is 75.9 Å². The van der Waals surface area contributed by atoms with Crippen LogP contribution in [0.5, 0.6) is 0 Å². The minimum Gasteiger partial charge on any atom is -0.344 e. The predicted octanol–water partition coefficient (Wildman–Crippen LogP) is 3.26. The Balaban J connectivity index is 1.68. The van der Waals surface area contributed by atoms with Crippen LogP contribution >= 0.6 is 0 Å². The Morgan fingerprint density at radius 3 is 2.74 bits per heavy atom. The van der Waals surface area contributed by atoms with E-state index in [2.05, 4.69) is 27.3 Å². The average Bonchev–Trinajstić information content (AvgIpc) is 3.17. The maximum Gasteiger partial charge on any atom is 0.272 e. The maximum absolute atomic E-state index is 12.4. The van der Waals surface area contributed by atoms with Crippen LogP contribution in [-0.4, -0.2) is 38.7 Å². The van der Waals surface area contributed by atoms with Crippen LogP contribution in [-0.2, 0) is 6.54 Å². The first kappa shape index (κ1) is 19.3. The zero-order valence-corrected chi connectivity index (χ0v) is 16.8. The van der Waals surface area contributed by atoms with Gasteiger partial charge in [-0.05, 0) is 39.7 Å². The molecule has 27 heavy (non-hydrogen) atoms. The van der Waals surface area contributed by atoms with Crippen molar-refractivity contribution in [3.63, 3.8) is 0 Å². The summed E-state index contributed by atoms with van der Waals surface area (Å²) in [6.45, 7) is 6.66. The molecule has 0 radical (unpaired) electrons. The molecule has 1 N–H and O–H groups in total. The van der Waals surface area contributed by atoms with Gasteiger partial charge < -0.3 is 10.2 Å².